The van der Waals surface area contributed by atoms with Gasteiger partial charge in [0.05, 0.1) is 22.2 Å². The van der Waals surface area contributed by atoms with E-state index in [0.29, 0.717) is 30.0 Å². The topological polar surface area (TPSA) is 210 Å². The number of hydrogen-bond acceptors (Lipinski definition) is 12. The SMILES string of the molecule is CCN(c1cc(-c2ccc(CN3CCN(C(=O)CCCCCCCCCCCCCCC(=O)N[C@H](C(=O)N4C[C@H](O)C[C@H]4C(=O)NCc4ccc(-c5scnc5C)cc4)C(C)(C)C)CC3)cc2)cc(C(=O)NCc2c(C)cc(C)[nH]c2=O)c1C)C1CCOCC1. The van der Waals surface area contributed by atoms with Gasteiger partial charge in [0.2, 0.25) is 23.6 Å². The number of aromatic amines is 1. The van der Waals surface area contributed by atoms with Crippen LogP contribution in [0.15, 0.2) is 77.0 Å². The Kier molecular flexibility index (Phi) is 25.8. The third-order valence-electron chi connectivity index (χ3n) is 18.5. The maximum atomic E-state index is 14.1. The van der Waals surface area contributed by atoms with E-state index in [2.05, 4.69) is 73.0 Å². The molecule has 3 aromatic carbocycles. The van der Waals surface area contributed by atoms with Crippen molar-refractivity contribution in [2.75, 3.05) is 57.4 Å². The minimum absolute atomic E-state index is 0.0400. The minimum atomic E-state index is -0.839. The van der Waals surface area contributed by atoms with Crippen molar-refractivity contribution in [1.82, 2.24) is 40.6 Å². The fourth-order valence-corrected chi connectivity index (χ4v) is 13.9. The van der Waals surface area contributed by atoms with E-state index in [4.69, 9.17) is 4.74 Å². The number of anilines is 1. The van der Waals surface area contributed by atoms with Crippen LogP contribution in [0.4, 0.5) is 5.69 Å². The number of H-pyrrole nitrogens is 1. The number of unbranched alkanes of at least 4 members (excludes halogenated alkanes) is 11. The summed E-state index contributed by atoms with van der Waals surface area (Å²) in [7, 11) is 0. The van der Waals surface area contributed by atoms with Crippen LogP contribution in [0.1, 0.15) is 186 Å². The lowest BCUT2D eigenvalue weighted by molar-refractivity contribution is -0.144. The number of rotatable bonds is 30. The number of aryl methyl sites for hydroxylation is 3. The minimum Gasteiger partial charge on any atom is -0.391 e. The Morgan fingerprint density at radius 2 is 1.37 bits per heavy atom. The molecule has 90 heavy (non-hydrogen) atoms. The standard InChI is InChI=1S/C72H101N9O8S/c1-9-80(58-32-38-89-39-33-58)62-42-57(41-60(51(62)4)68(85)74-45-61-49(2)40-50(3)76-69(61)86)55-28-26-54(27-29-55)46-78-34-36-79(37-35-78)65(84)23-21-19-17-15-13-11-10-12-14-16-18-20-22-64(83)77-67(72(6,7)8)71(88)81-47-59(82)43-63(81)70(87)73-44-53-24-30-56(31-25-53)66-52(5)75-48-90-66/h24-31,40-42,48,58-59,63,67,82H,9-23,32-39,43-47H2,1-8H3,(H,73,87)(H,74,85)(H,76,86)(H,77,83)/t59-,63+,67-/m1/s1. The van der Waals surface area contributed by atoms with Gasteiger partial charge in [-0.05, 0) is 123 Å². The molecule has 0 saturated carbocycles. The van der Waals surface area contributed by atoms with Crippen LogP contribution < -0.4 is 26.4 Å². The molecule has 0 aliphatic carbocycles. The number of amides is 5. The number of piperazine rings is 1. The number of nitrogens with zero attached hydrogens (tertiary/aromatic N) is 5. The highest BCUT2D eigenvalue weighted by atomic mass is 32.1. The number of likely N-dealkylation sites (tertiary alicyclic amines) is 1. The van der Waals surface area contributed by atoms with E-state index in [9.17, 15) is 33.9 Å². The quantitative estimate of drug-likeness (QED) is 0.0273. The summed E-state index contributed by atoms with van der Waals surface area (Å²) in [6.07, 6.45) is 15.1. The number of pyridine rings is 1. The van der Waals surface area contributed by atoms with Gasteiger partial charge in [-0.15, -0.1) is 11.3 Å². The zero-order valence-corrected chi connectivity index (χ0v) is 55.8. The summed E-state index contributed by atoms with van der Waals surface area (Å²) in [6.45, 7) is 22.3. The first kappa shape index (κ1) is 69.2. The Morgan fingerprint density at radius 1 is 0.756 bits per heavy atom. The number of β-amino-alcohol motifs (C(OH)–C–C–N with tert-alkyl or cyclic N) is 1. The van der Waals surface area contributed by atoms with Crippen molar-refractivity contribution in [3.8, 4) is 21.6 Å². The lowest BCUT2D eigenvalue weighted by Crippen LogP contribution is -2.57. The van der Waals surface area contributed by atoms with Gasteiger partial charge in [-0.1, -0.05) is 134 Å². The monoisotopic (exact) mass is 1250 g/mol. The molecule has 5 amide bonds. The number of aromatic nitrogens is 2. The molecule has 0 unspecified atom stereocenters. The summed E-state index contributed by atoms with van der Waals surface area (Å²) in [5.74, 6) is -0.793. The maximum absolute atomic E-state index is 14.1. The third kappa shape index (κ3) is 19.4. The van der Waals surface area contributed by atoms with Gasteiger partial charge in [-0.25, -0.2) is 4.98 Å². The average molecular weight is 1250 g/mol. The summed E-state index contributed by atoms with van der Waals surface area (Å²) in [4.78, 5) is 97.6. The summed E-state index contributed by atoms with van der Waals surface area (Å²) in [5, 5.41) is 19.7. The first-order valence-corrected chi connectivity index (χ1v) is 34.3. The maximum Gasteiger partial charge on any atom is 0.253 e. The number of hydrogen-bond donors (Lipinski definition) is 5. The zero-order chi connectivity index (χ0) is 64.3. The molecule has 3 aliphatic heterocycles. The Balaban J connectivity index is 0.672. The number of nitrogens with one attached hydrogen (secondary N) is 4. The Bertz CT molecular complexity index is 3230. The van der Waals surface area contributed by atoms with E-state index in [-0.39, 0.29) is 61.2 Å². The number of ether oxygens (including phenoxy) is 1. The number of aliphatic hydroxyl groups is 1. The van der Waals surface area contributed by atoms with Crippen LogP contribution in [-0.2, 0) is 43.5 Å². The van der Waals surface area contributed by atoms with Crippen LogP contribution in [0.3, 0.4) is 0 Å². The van der Waals surface area contributed by atoms with Gasteiger partial charge < -0.3 is 45.5 Å². The van der Waals surface area contributed by atoms with Crippen LogP contribution in [-0.4, -0.2) is 136 Å². The van der Waals surface area contributed by atoms with Crippen molar-refractivity contribution >= 4 is 46.6 Å². The largest absolute Gasteiger partial charge is 0.391 e. The molecule has 17 nitrogen and oxygen atoms in total. The molecule has 488 valence electrons. The molecule has 2 aromatic heterocycles. The van der Waals surface area contributed by atoms with E-state index < -0.39 is 23.6 Å². The number of carbonyl (C=O) groups excluding carboxylic acids is 5. The molecule has 5 N–H and O–H groups in total. The van der Waals surface area contributed by atoms with E-state index in [0.717, 1.165) is 166 Å². The molecule has 0 spiro atoms. The molecule has 5 heterocycles. The number of thiazole rings is 1. The molecular weight excluding hydrogens is 1150 g/mol. The van der Waals surface area contributed by atoms with Crippen LogP contribution in [0.5, 0.6) is 0 Å². The number of aliphatic hydroxyl groups excluding tert-OH is 1. The van der Waals surface area contributed by atoms with Crippen molar-refractivity contribution in [3.05, 3.63) is 127 Å². The Morgan fingerprint density at radius 3 is 1.97 bits per heavy atom. The van der Waals surface area contributed by atoms with Gasteiger partial charge in [0.25, 0.3) is 11.5 Å². The first-order valence-electron chi connectivity index (χ1n) is 33.4. The second-order valence-electron chi connectivity index (χ2n) is 26.5. The van der Waals surface area contributed by atoms with Crippen molar-refractivity contribution in [2.24, 2.45) is 5.41 Å². The summed E-state index contributed by atoms with van der Waals surface area (Å²) in [6, 6.07) is 21.4. The molecule has 18 heteroatoms. The molecule has 8 rings (SSSR count). The van der Waals surface area contributed by atoms with Crippen molar-refractivity contribution in [3.63, 3.8) is 0 Å². The summed E-state index contributed by atoms with van der Waals surface area (Å²) >= 11 is 1.59. The molecule has 3 fully saturated rings. The highest BCUT2D eigenvalue weighted by Crippen LogP contribution is 2.35. The van der Waals surface area contributed by atoms with Gasteiger partial charge in [-0.2, -0.15) is 0 Å². The first-order chi connectivity index (χ1) is 43.3. The second kappa shape index (κ2) is 33.5. The van der Waals surface area contributed by atoms with E-state index in [1.807, 2.05) is 95.3 Å². The third-order valence-corrected chi connectivity index (χ3v) is 19.5. The average Bonchev–Trinajstić information content (AvgIpc) is 1.09. The Hall–Kier alpha value is -6.73. The second-order valence-corrected chi connectivity index (χ2v) is 27.3. The van der Waals surface area contributed by atoms with E-state index in [1.165, 1.54) is 42.6 Å². The molecular formula is C72H101N9O8S. The van der Waals surface area contributed by atoms with Crippen molar-refractivity contribution in [2.45, 2.75) is 208 Å². The fourth-order valence-electron chi connectivity index (χ4n) is 13.1. The molecule has 3 aliphatic rings. The Labute approximate surface area is 538 Å². The molecule has 0 bridgehead atoms. The van der Waals surface area contributed by atoms with Gasteiger partial charge in [-0.3, -0.25) is 33.7 Å². The fraction of sp³-hybridized carbons (Fsp3) is 0.569. The number of carbonyl (C=O) groups is 5. The van der Waals surface area contributed by atoms with Crippen LogP contribution in [0.25, 0.3) is 21.6 Å². The zero-order valence-electron chi connectivity index (χ0n) is 55.0. The normalized spacial score (nSPS) is 16.9. The van der Waals surface area contributed by atoms with Crippen molar-refractivity contribution in [1.29, 1.82) is 0 Å². The van der Waals surface area contributed by atoms with Gasteiger partial charge >= 0.3 is 0 Å². The van der Waals surface area contributed by atoms with Crippen molar-refractivity contribution < 1.29 is 33.8 Å². The molecule has 3 saturated heterocycles. The smallest absolute Gasteiger partial charge is 0.253 e. The lowest BCUT2D eigenvalue weighted by atomic mass is 9.85. The molecule has 3 atom stereocenters. The highest BCUT2D eigenvalue weighted by molar-refractivity contribution is 7.13. The highest BCUT2D eigenvalue weighted by Gasteiger charge is 2.44. The van der Waals surface area contributed by atoms with Gasteiger partial charge in [0.15, 0.2) is 0 Å². The summed E-state index contributed by atoms with van der Waals surface area (Å²) in [5.41, 5.74) is 12.0. The lowest BCUT2D eigenvalue weighted by Gasteiger charge is -2.37. The van der Waals surface area contributed by atoms with Gasteiger partial charge in [0.1, 0.15) is 12.1 Å². The molecule has 0 radical (unpaired) electrons. The number of benzene rings is 3. The van der Waals surface area contributed by atoms with Crippen LogP contribution >= 0.6 is 11.3 Å². The van der Waals surface area contributed by atoms with E-state index in [1.54, 1.807) is 11.3 Å². The molecule has 5 aromatic rings. The van der Waals surface area contributed by atoms with Crippen LogP contribution in [0, 0.1) is 33.1 Å². The van der Waals surface area contributed by atoms with Gasteiger partial charge in [0, 0.05) is 120 Å². The summed E-state index contributed by atoms with van der Waals surface area (Å²) < 4.78 is 5.72. The predicted octanol–water partition coefficient (Wildman–Crippen LogP) is 11.2. The van der Waals surface area contributed by atoms with Crippen LogP contribution in [0.2, 0.25) is 0 Å². The van der Waals surface area contributed by atoms with E-state index >= 15 is 0 Å². The predicted molar refractivity (Wildman–Crippen MR) is 359 cm³/mol.